The van der Waals surface area contributed by atoms with Crippen molar-refractivity contribution in [2.45, 2.75) is 33.2 Å². The van der Waals surface area contributed by atoms with Gasteiger partial charge >= 0.3 is 0 Å². The Labute approximate surface area is 130 Å². The lowest BCUT2D eigenvalue weighted by Gasteiger charge is -2.20. The molecule has 0 aliphatic carbocycles. The first kappa shape index (κ1) is 16.0. The monoisotopic (exact) mass is 298 g/mol. The average molecular weight is 298 g/mol. The number of rotatable bonds is 4. The second-order valence-electron chi connectivity index (χ2n) is 5.63. The number of carbonyl (C=O) groups is 1. The van der Waals surface area contributed by atoms with Crippen molar-refractivity contribution in [3.05, 3.63) is 69.1 Å². The van der Waals surface area contributed by atoms with E-state index in [9.17, 15) is 9.59 Å². The van der Waals surface area contributed by atoms with Crippen LogP contribution in [0.1, 0.15) is 46.4 Å². The molecule has 1 atom stereocenters. The van der Waals surface area contributed by atoms with Gasteiger partial charge in [-0.25, -0.2) is 0 Å². The molecule has 1 aromatic carbocycles. The number of pyridine rings is 1. The number of aryl methyl sites for hydroxylation is 3. The van der Waals surface area contributed by atoms with Gasteiger partial charge in [0.25, 0.3) is 11.5 Å². The quantitative estimate of drug-likeness (QED) is 0.943. The Kier molecular flexibility index (Phi) is 4.81. The van der Waals surface area contributed by atoms with Gasteiger partial charge in [-0.15, -0.1) is 0 Å². The first-order chi connectivity index (χ1) is 10.4. The SMILES string of the molecule is CC[C@@H](NC(=O)c1cccn(C)c1=O)c1ccc(C)cc1C. The summed E-state index contributed by atoms with van der Waals surface area (Å²) >= 11 is 0. The smallest absolute Gasteiger partial charge is 0.263 e. The topological polar surface area (TPSA) is 51.1 Å². The van der Waals surface area contributed by atoms with Crippen molar-refractivity contribution in [1.82, 2.24) is 9.88 Å². The molecule has 1 amide bonds. The summed E-state index contributed by atoms with van der Waals surface area (Å²) in [6, 6.07) is 9.35. The predicted octanol–water partition coefficient (Wildman–Crippen LogP) is 2.88. The third-order valence-electron chi connectivity index (χ3n) is 3.88. The molecule has 116 valence electrons. The van der Waals surface area contributed by atoms with E-state index in [-0.39, 0.29) is 23.1 Å². The summed E-state index contributed by atoms with van der Waals surface area (Å²) in [4.78, 5) is 24.4. The van der Waals surface area contributed by atoms with Crippen LogP contribution in [0.4, 0.5) is 0 Å². The van der Waals surface area contributed by atoms with Crippen molar-refractivity contribution in [3.8, 4) is 0 Å². The largest absolute Gasteiger partial charge is 0.345 e. The van der Waals surface area contributed by atoms with Crippen LogP contribution in [0.5, 0.6) is 0 Å². The Bertz CT molecular complexity index is 747. The molecule has 1 N–H and O–H groups in total. The van der Waals surface area contributed by atoms with Gasteiger partial charge in [-0.2, -0.15) is 0 Å². The zero-order valence-electron chi connectivity index (χ0n) is 13.5. The highest BCUT2D eigenvalue weighted by Crippen LogP contribution is 2.21. The van der Waals surface area contributed by atoms with E-state index >= 15 is 0 Å². The molecular weight excluding hydrogens is 276 g/mol. The molecule has 2 aromatic rings. The zero-order valence-corrected chi connectivity index (χ0v) is 13.5. The number of benzene rings is 1. The van der Waals surface area contributed by atoms with Crippen molar-refractivity contribution in [1.29, 1.82) is 0 Å². The predicted molar refractivity (Wildman–Crippen MR) is 88.1 cm³/mol. The van der Waals surface area contributed by atoms with E-state index in [1.807, 2.05) is 32.9 Å². The lowest BCUT2D eigenvalue weighted by Crippen LogP contribution is -2.34. The van der Waals surface area contributed by atoms with Crippen LogP contribution in [0.2, 0.25) is 0 Å². The van der Waals surface area contributed by atoms with Crippen molar-refractivity contribution in [2.75, 3.05) is 0 Å². The van der Waals surface area contributed by atoms with Gasteiger partial charge in [0.15, 0.2) is 0 Å². The van der Waals surface area contributed by atoms with Crippen LogP contribution >= 0.6 is 0 Å². The highest BCUT2D eigenvalue weighted by molar-refractivity contribution is 5.94. The number of nitrogens with one attached hydrogen (secondary N) is 1. The van der Waals surface area contributed by atoms with Crippen molar-refractivity contribution in [3.63, 3.8) is 0 Å². The maximum Gasteiger partial charge on any atom is 0.263 e. The van der Waals surface area contributed by atoms with E-state index in [0.717, 1.165) is 17.5 Å². The molecule has 0 saturated carbocycles. The number of nitrogens with zero attached hydrogens (tertiary/aromatic N) is 1. The van der Waals surface area contributed by atoms with Crippen molar-refractivity contribution < 1.29 is 4.79 Å². The van der Waals surface area contributed by atoms with E-state index in [4.69, 9.17) is 0 Å². The molecule has 1 aromatic heterocycles. The van der Waals surface area contributed by atoms with Gasteiger partial charge in [-0.05, 0) is 43.5 Å². The molecule has 0 unspecified atom stereocenters. The molecule has 0 spiro atoms. The Hall–Kier alpha value is -2.36. The third-order valence-corrected chi connectivity index (χ3v) is 3.88. The molecule has 4 heteroatoms. The first-order valence-electron chi connectivity index (χ1n) is 7.47. The molecule has 2 rings (SSSR count). The Morgan fingerprint density at radius 2 is 2.00 bits per heavy atom. The molecule has 0 radical (unpaired) electrons. The summed E-state index contributed by atoms with van der Waals surface area (Å²) in [5.74, 6) is -0.326. The van der Waals surface area contributed by atoms with E-state index < -0.39 is 0 Å². The van der Waals surface area contributed by atoms with Gasteiger partial charge in [0.1, 0.15) is 5.56 Å². The Morgan fingerprint density at radius 3 is 2.64 bits per heavy atom. The number of hydrogen-bond donors (Lipinski definition) is 1. The maximum absolute atomic E-state index is 12.4. The fourth-order valence-electron chi connectivity index (χ4n) is 2.62. The highest BCUT2D eigenvalue weighted by atomic mass is 16.2. The maximum atomic E-state index is 12.4. The van der Waals surface area contributed by atoms with Crippen LogP contribution in [0.3, 0.4) is 0 Å². The van der Waals surface area contributed by atoms with Gasteiger partial charge in [0, 0.05) is 13.2 Å². The van der Waals surface area contributed by atoms with Crippen LogP contribution < -0.4 is 10.9 Å². The minimum atomic E-state index is -0.326. The summed E-state index contributed by atoms with van der Waals surface area (Å²) in [5, 5.41) is 2.98. The van der Waals surface area contributed by atoms with Gasteiger partial charge in [-0.3, -0.25) is 9.59 Å². The van der Waals surface area contributed by atoms with Gasteiger partial charge in [-0.1, -0.05) is 30.7 Å². The van der Waals surface area contributed by atoms with Crippen LogP contribution in [-0.4, -0.2) is 10.5 Å². The van der Waals surface area contributed by atoms with Crippen molar-refractivity contribution in [2.24, 2.45) is 7.05 Å². The molecule has 1 heterocycles. The lowest BCUT2D eigenvalue weighted by molar-refractivity contribution is 0.0933. The van der Waals surface area contributed by atoms with Crippen LogP contribution in [0.15, 0.2) is 41.3 Å². The second kappa shape index (κ2) is 6.60. The summed E-state index contributed by atoms with van der Waals surface area (Å²) in [7, 11) is 1.64. The first-order valence-corrected chi connectivity index (χ1v) is 7.47. The summed E-state index contributed by atoms with van der Waals surface area (Å²) in [6.45, 7) is 6.11. The van der Waals surface area contributed by atoms with E-state index in [1.165, 1.54) is 10.1 Å². The minimum Gasteiger partial charge on any atom is -0.345 e. The summed E-state index contributed by atoms with van der Waals surface area (Å²) in [6.07, 6.45) is 2.41. The molecule has 4 nitrogen and oxygen atoms in total. The number of aromatic nitrogens is 1. The standard InChI is InChI=1S/C18H22N2O2/c1-5-16(14-9-8-12(2)11-13(14)3)19-17(21)15-7-6-10-20(4)18(15)22/h6-11,16H,5H2,1-4H3,(H,19,21)/t16-/m1/s1. The molecular formula is C18H22N2O2. The fourth-order valence-corrected chi connectivity index (χ4v) is 2.62. The third kappa shape index (κ3) is 3.27. The molecule has 0 fully saturated rings. The lowest BCUT2D eigenvalue weighted by atomic mass is 9.97. The molecule has 22 heavy (non-hydrogen) atoms. The second-order valence-corrected chi connectivity index (χ2v) is 5.63. The minimum absolute atomic E-state index is 0.0991. The van der Waals surface area contributed by atoms with Gasteiger partial charge in [0.05, 0.1) is 6.04 Å². The molecule has 0 bridgehead atoms. The van der Waals surface area contributed by atoms with E-state index in [0.29, 0.717) is 0 Å². The summed E-state index contributed by atoms with van der Waals surface area (Å²) < 4.78 is 1.41. The number of carbonyl (C=O) groups excluding carboxylic acids is 1. The number of hydrogen-bond acceptors (Lipinski definition) is 2. The van der Waals surface area contributed by atoms with E-state index in [2.05, 4.69) is 11.4 Å². The summed E-state index contributed by atoms with van der Waals surface area (Å²) in [5.41, 5.74) is 3.32. The highest BCUT2D eigenvalue weighted by Gasteiger charge is 2.18. The van der Waals surface area contributed by atoms with Crippen molar-refractivity contribution >= 4 is 5.91 Å². The molecule has 0 aliphatic heterocycles. The van der Waals surface area contributed by atoms with Crippen LogP contribution in [0.25, 0.3) is 0 Å². The van der Waals surface area contributed by atoms with Gasteiger partial charge in [0.2, 0.25) is 0 Å². The average Bonchev–Trinajstić information content (AvgIpc) is 2.48. The van der Waals surface area contributed by atoms with Crippen LogP contribution in [0, 0.1) is 13.8 Å². The fraction of sp³-hybridized carbons (Fsp3) is 0.333. The zero-order chi connectivity index (χ0) is 16.3. The van der Waals surface area contributed by atoms with E-state index in [1.54, 1.807) is 25.4 Å². The van der Waals surface area contributed by atoms with Gasteiger partial charge < -0.3 is 9.88 Å². The van der Waals surface area contributed by atoms with Crippen LogP contribution in [-0.2, 0) is 7.05 Å². The number of amides is 1. The Morgan fingerprint density at radius 1 is 1.27 bits per heavy atom. The normalized spacial score (nSPS) is 12.0. The Balaban J connectivity index is 2.28. The molecule has 0 saturated heterocycles. The molecule has 0 aliphatic rings.